The highest BCUT2D eigenvalue weighted by atomic mass is 32.2. The summed E-state index contributed by atoms with van der Waals surface area (Å²) in [6.07, 6.45) is 0. The average Bonchev–Trinajstić information content (AvgIpc) is 2.35. The van der Waals surface area contributed by atoms with Crippen LogP contribution in [0, 0.1) is 0 Å². The summed E-state index contributed by atoms with van der Waals surface area (Å²) in [6, 6.07) is 3.68. The van der Waals surface area contributed by atoms with Crippen molar-refractivity contribution in [1.82, 2.24) is 4.72 Å². The fourth-order valence-corrected chi connectivity index (χ4v) is 2.50. The molecule has 0 radical (unpaired) electrons. The van der Waals surface area contributed by atoms with Crippen molar-refractivity contribution in [3.63, 3.8) is 0 Å². The first-order valence-corrected chi connectivity index (χ1v) is 6.52. The van der Waals surface area contributed by atoms with Gasteiger partial charge < -0.3 is 16.2 Å². The Bertz CT molecular complexity index is 612. The van der Waals surface area contributed by atoms with Crippen molar-refractivity contribution in [2.75, 3.05) is 19.4 Å². The van der Waals surface area contributed by atoms with Gasteiger partial charge >= 0.3 is 5.97 Å². The fourth-order valence-electron chi connectivity index (χ4n) is 1.28. The number of methoxy groups -OCH3 is 1. The highest BCUT2D eigenvalue weighted by molar-refractivity contribution is 7.89. The lowest BCUT2D eigenvalue weighted by molar-refractivity contribution is -0.116. The molecule has 0 saturated carbocycles. The number of hydrogen-bond donors (Lipinski definition) is 3. The lowest BCUT2D eigenvalue weighted by Crippen LogP contribution is -2.34. The third-order valence-corrected chi connectivity index (χ3v) is 3.58. The topological polar surface area (TPSA) is 142 Å². The van der Waals surface area contributed by atoms with E-state index in [2.05, 4.69) is 4.74 Å². The van der Waals surface area contributed by atoms with E-state index in [1.54, 1.807) is 0 Å². The first-order chi connectivity index (χ1) is 8.77. The normalized spacial score (nSPS) is 11.0. The Morgan fingerprint density at radius 2 is 2.00 bits per heavy atom. The van der Waals surface area contributed by atoms with Crippen LogP contribution in [0.1, 0.15) is 10.4 Å². The third-order valence-electron chi connectivity index (χ3n) is 2.14. The summed E-state index contributed by atoms with van der Waals surface area (Å²) in [7, 11) is -2.98. The maximum atomic E-state index is 11.9. The van der Waals surface area contributed by atoms with Crippen LogP contribution >= 0.6 is 0 Å². The van der Waals surface area contributed by atoms with E-state index in [4.69, 9.17) is 11.5 Å². The van der Waals surface area contributed by atoms with E-state index in [0.29, 0.717) is 0 Å². The molecule has 1 rings (SSSR count). The zero-order valence-electron chi connectivity index (χ0n) is 10.0. The number of amides is 1. The molecule has 0 atom stereocenters. The van der Waals surface area contributed by atoms with Gasteiger partial charge in [0.15, 0.2) is 0 Å². The Balaban J connectivity index is 3.27. The van der Waals surface area contributed by atoms with Crippen LogP contribution in [0.5, 0.6) is 0 Å². The monoisotopic (exact) mass is 287 g/mol. The Morgan fingerprint density at radius 1 is 1.37 bits per heavy atom. The van der Waals surface area contributed by atoms with Crippen molar-refractivity contribution in [3.8, 4) is 0 Å². The lowest BCUT2D eigenvalue weighted by atomic mass is 10.2. The number of ether oxygens (including phenoxy) is 1. The SMILES string of the molecule is COC(=O)c1ccc(N)cc1S(=O)(=O)NCC(N)=O. The van der Waals surface area contributed by atoms with Gasteiger partial charge in [-0.3, -0.25) is 4.79 Å². The largest absolute Gasteiger partial charge is 0.465 e. The van der Waals surface area contributed by atoms with Crippen LogP contribution in [-0.4, -0.2) is 33.9 Å². The van der Waals surface area contributed by atoms with Crippen LogP contribution in [0.25, 0.3) is 0 Å². The van der Waals surface area contributed by atoms with Crippen LogP contribution < -0.4 is 16.2 Å². The predicted molar refractivity (Wildman–Crippen MR) is 66.6 cm³/mol. The second kappa shape index (κ2) is 5.67. The van der Waals surface area contributed by atoms with Crippen molar-refractivity contribution < 1.29 is 22.7 Å². The summed E-state index contributed by atoms with van der Waals surface area (Å²) in [6.45, 7) is -0.586. The number of hydrogen-bond acceptors (Lipinski definition) is 6. The Kier molecular flexibility index (Phi) is 4.46. The molecule has 1 aromatic carbocycles. The number of rotatable bonds is 5. The van der Waals surface area contributed by atoms with E-state index in [9.17, 15) is 18.0 Å². The van der Waals surface area contributed by atoms with Crippen LogP contribution in [0.2, 0.25) is 0 Å². The molecule has 0 saturated heterocycles. The maximum Gasteiger partial charge on any atom is 0.339 e. The first kappa shape index (κ1) is 14.9. The molecule has 1 amide bonds. The van der Waals surface area contributed by atoms with Gasteiger partial charge in [-0.25, -0.2) is 17.9 Å². The van der Waals surface area contributed by atoms with Crippen LogP contribution in [0.4, 0.5) is 5.69 Å². The molecule has 5 N–H and O–H groups in total. The Hall–Kier alpha value is -2.13. The molecule has 0 aliphatic rings. The van der Waals surface area contributed by atoms with Gasteiger partial charge in [-0.05, 0) is 18.2 Å². The molecule has 0 aliphatic heterocycles. The number of carbonyl (C=O) groups is 2. The van der Waals surface area contributed by atoms with Crippen molar-refractivity contribution in [1.29, 1.82) is 0 Å². The number of sulfonamides is 1. The molecule has 0 bridgehead atoms. The van der Waals surface area contributed by atoms with Gasteiger partial charge in [-0.15, -0.1) is 0 Å². The van der Waals surface area contributed by atoms with E-state index in [0.717, 1.165) is 13.2 Å². The summed E-state index contributed by atoms with van der Waals surface area (Å²) in [4.78, 5) is 21.7. The Labute approximate surface area is 109 Å². The molecule has 1 aromatic rings. The zero-order chi connectivity index (χ0) is 14.6. The molecule has 19 heavy (non-hydrogen) atoms. The van der Waals surface area contributed by atoms with Crippen molar-refractivity contribution in [2.45, 2.75) is 4.90 Å². The molecule has 0 aliphatic carbocycles. The molecule has 104 valence electrons. The molecule has 9 heteroatoms. The smallest absolute Gasteiger partial charge is 0.339 e. The van der Waals surface area contributed by atoms with E-state index in [1.165, 1.54) is 12.1 Å². The van der Waals surface area contributed by atoms with Gasteiger partial charge in [0.05, 0.1) is 24.1 Å². The van der Waals surface area contributed by atoms with Gasteiger partial charge in [0.1, 0.15) is 0 Å². The molecule has 0 spiro atoms. The van der Waals surface area contributed by atoms with Crippen LogP contribution in [0.3, 0.4) is 0 Å². The van der Waals surface area contributed by atoms with Crippen molar-refractivity contribution >= 4 is 27.6 Å². The molecule has 0 fully saturated rings. The van der Waals surface area contributed by atoms with E-state index >= 15 is 0 Å². The van der Waals surface area contributed by atoms with Gasteiger partial charge in [0.25, 0.3) is 0 Å². The number of nitrogen functional groups attached to an aromatic ring is 1. The standard InChI is InChI=1S/C10H13N3O5S/c1-18-10(15)7-3-2-6(11)4-8(7)19(16,17)13-5-9(12)14/h2-4,13H,5,11H2,1H3,(H2,12,14). The van der Waals surface area contributed by atoms with Crippen molar-refractivity contribution in [2.24, 2.45) is 5.73 Å². The Morgan fingerprint density at radius 3 is 2.53 bits per heavy atom. The second-order valence-electron chi connectivity index (χ2n) is 3.54. The van der Waals surface area contributed by atoms with Gasteiger partial charge in [-0.2, -0.15) is 0 Å². The summed E-state index contributed by atoms with van der Waals surface area (Å²) in [5.41, 5.74) is 10.3. The summed E-state index contributed by atoms with van der Waals surface area (Å²) >= 11 is 0. The molecular formula is C10H13N3O5S. The highest BCUT2D eigenvalue weighted by Gasteiger charge is 2.23. The minimum absolute atomic E-state index is 0.145. The van der Waals surface area contributed by atoms with Gasteiger partial charge in [0.2, 0.25) is 15.9 Å². The number of anilines is 1. The molecular weight excluding hydrogens is 274 g/mol. The van der Waals surface area contributed by atoms with E-state index in [1.807, 2.05) is 4.72 Å². The number of carbonyl (C=O) groups excluding carboxylic acids is 2. The molecule has 0 unspecified atom stereocenters. The predicted octanol–water partition coefficient (Wildman–Crippen LogP) is -1.18. The maximum absolute atomic E-state index is 11.9. The van der Waals surface area contributed by atoms with Gasteiger partial charge in [0, 0.05) is 5.69 Å². The number of esters is 1. The van der Waals surface area contributed by atoms with Crippen LogP contribution in [-0.2, 0) is 19.6 Å². The summed E-state index contributed by atoms with van der Waals surface area (Å²) in [5, 5.41) is 0. The van der Waals surface area contributed by atoms with E-state index in [-0.39, 0.29) is 16.1 Å². The second-order valence-corrected chi connectivity index (χ2v) is 5.27. The number of nitrogens with two attached hydrogens (primary N) is 2. The molecule has 8 nitrogen and oxygen atoms in total. The molecule has 0 heterocycles. The number of nitrogens with one attached hydrogen (secondary N) is 1. The number of primary amides is 1. The third kappa shape index (κ3) is 3.66. The fraction of sp³-hybridized carbons (Fsp3) is 0.200. The summed E-state index contributed by atoms with van der Waals surface area (Å²) < 4.78 is 30.3. The highest BCUT2D eigenvalue weighted by Crippen LogP contribution is 2.19. The van der Waals surface area contributed by atoms with Gasteiger partial charge in [-0.1, -0.05) is 0 Å². The van der Waals surface area contributed by atoms with Crippen molar-refractivity contribution in [3.05, 3.63) is 23.8 Å². The minimum atomic E-state index is -4.10. The summed E-state index contributed by atoms with van der Waals surface area (Å²) in [5.74, 6) is -1.69. The number of benzene rings is 1. The lowest BCUT2D eigenvalue weighted by Gasteiger charge is -2.10. The molecule has 0 aromatic heterocycles. The van der Waals surface area contributed by atoms with Crippen LogP contribution in [0.15, 0.2) is 23.1 Å². The van der Waals surface area contributed by atoms with E-state index < -0.39 is 28.4 Å². The average molecular weight is 287 g/mol. The minimum Gasteiger partial charge on any atom is -0.465 e. The quantitative estimate of drug-likeness (QED) is 0.459. The first-order valence-electron chi connectivity index (χ1n) is 5.03. The zero-order valence-corrected chi connectivity index (χ0v) is 10.9.